The molecule has 0 radical (unpaired) electrons. The van der Waals surface area contributed by atoms with Crippen LogP contribution in [0.1, 0.15) is 49.1 Å². The SMILES string of the molecule is O=C1c2ccccc2C(=O)c2c1ccc1c2C[C@@H](O)[C@H]1O. The van der Waals surface area contributed by atoms with Gasteiger partial charge in [0.25, 0.3) is 0 Å². The highest BCUT2D eigenvalue weighted by Gasteiger charge is 2.38. The van der Waals surface area contributed by atoms with E-state index in [-0.39, 0.29) is 18.0 Å². The van der Waals surface area contributed by atoms with Crippen molar-refractivity contribution in [2.45, 2.75) is 18.6 Å². The van der Waals surface area contributed by atoms with Gasteiger partial charge in [0.2, 0.25) is 0 Å². The molecular formula is C17H12O4. The molecule has 2 aromatic carbocycles. The molecule has 104 valence electrons. The molecule has 4 heteroatoms. The first kappa shape index (κ1) is 12.4. The molecule has 0 bridgehead atoms. The normalized spacial score (nSPS) is 22.8. The Morgan fingerprint density at radius 3 is 2.24 bits per heavy atom. The van der Waals surface area contributed by atoms with Crippen molar-refractivity contribution in [1.29, 1.82) is 0 Å². The van der Waals surface area contributed by atoms with Gasteiger partial charge in [0.15, 0.2) is 11.6 Å². The van der Waals surface area contributed by atoms with Gasteiger partial charge in [-0.3, -0.25) is 9.59 Å². The minimum absolute atomic E-state index is 0.182. The van der Waals surface area contributed by atoms with E-state index in [0.29, 0.717) is 33.4 Å². The topological polar surface area (TPSA) is 74.6 Å². The molecule has 2 aromatic rings. The van der Waals surface area contributed by atoms with Crippen LogP contribution in [0.15, 0.2) is 36.4 Å². The minimum Gasteiger partial charge on any atom is -0.390 e. The predicted octanol–water partition coefficient (Wildman–Crippen LogP) is 1.41. The number of ketones is 2. The maximum absolute atomic E-state index is 12.7. The monoisotopic (exact) mass is 280 g/mol. The van der Waals surface area contributed by atoms with Crippen LogP contribution < -0.4 is 0 Å². The van der Waals surface area contributed by atoms with E-state index in [1.807, 2.05) is 0 Å². The standard InChI is InChI=1S/C17H12O4/c18-13-7-12-10(16(13)20)5-6-11-14(12)17(21)9-4-2-1-3-8(9)15(11)19/h1-6,13,16,18,20H,7H2/t13-,16+/m1/s1. The summed E-state index contributed by atoms with van der Waals surface area (Å²) in [4.78, 5) is 25.3. The van der Waals surface area contributed by atoms with Crippen molar-refractivity contribution in [1.82, 2.24) is 0 Å². The maximum atomic E-state index is 12.7. The smallest absolute Gasteiger partial charge is 0.194 e. The van der Waals surface area contributed by atoms with E-state index >= 15 is 0 Å². The molecule has 2 aliphatic rings. The van der Waals surface area contributed by atoms with Crippen molar-refractivity contribution < 1.29 is 19.8 Å². The molecule has 4 nitrogen and oxygen atoms in total. The van der Waals surface area contributed by atoms with Crippen LogP contribution in [-0.4, -0.2) is 27.9 Å². The number of aliphatic hydroxyl groups excluding tert-OH is 2. The molecule has 0 saturated carbocycles. The van der Waals surface area contributed by atoms with E-state index in [1.54, 1.807) is 36.4 Å². The summed E-state index contributed by atoms with van der Waals surface area (Å²) in [5.74, 6) is -0.391. The predicted molar refractivity (Wildman–Crippen MR) is 74.4 cm³/mol. The summed E-state index contributed by atoms with van der Waals surface area (Å²) < 4.78 is 0. The third-order valence-corrected chi connectivity index (χ3v) is 4.33. The van der Waals surface area contributed by atoms with Crippen molar-refractivity contribution in [3.8, 4) is 0 Å². The van der Waals surface area contributed by atoms with Crippen molar-refractivity contribution in [2.24, 2.45) is 0 Å². The Morgan fingerprint density at radius 1 is 0.857 bits per heavy atom. The van der Waals surface area contributed by atoms with Gasteiger partial charge < -0.3 is 10.2 Å². The molecule has 4 rings (SSSR count). The first-order valence-corrected chi connectivity index (χ1v) is 6.80. The highest BCUT2D eigenvalue weighted by atomic mass is 16.3. The van der Waals surface area contributed by atoms with Crippen LogP contribution in [0.2, 0.25) is 0 Å². The highest BCUT2D eigenvalue weighted by Crippen LogP contribution is 2.38. The molecule has 0 heterocycles. The Morgan fingerprint density at radius 2 is 1.52 bits per heavy atom. The molecular weight excluding hydrogens is 268 g/mol. The number of hydrogen-bond donors (Lipinski definition) is 2. The number of fused-ring (bicyclic) bond motifs is 4. The van der Waals surface area contributed by atoms with Gasteiger partial charge in [-0.05, 0) is 17.2 Å². The zero-order chi connectivity index (χ0) is 14.7. The second-order valence-corrected chi connectivity index (χ2v) is 5.48. The van der Waals surface area contributed by atoms with Gasteiger partial charge in [-0.15, -0.1) is 0 Å². The Balaban J connectivity index is 2.01. The summed E-state index contributed by atoms with van der Waals surface area (Å²) in [6.45, 7) is 0. The Bertz CT molecular complexity index is 806. The van der Waals surface area contributed by atoms with E-state index in [0.717, 1.165) is 0 Å². The number of rotatable bonds is 0. The van der Waals surface area contributed by atoms with Gasteiger partial charge in [0.1, 0.15) is 6.10 Å². The lowest BCUT2D eigenvalue weighted by Gasteiger charge is -2.20. The summed E-state index contributed by atoms with van der Waals surface area (Å²) in [5.41, 5.74) is 2.64. The van der Waals surface area contributed by atoms with Gasteiger partial charge >= 0.3 is 0 Å². The molecule has 0 saturated heterocycles. The molecule has 0 aromatic heterocycles. The third kappa shape index (κ3) is 1.51. The molecule has 0 amide bonds. The second-order valence-electron chi connectivity index (χ2n) is 5.48. The zero-order valence-electron chi connectivity index (χ0n) is 11.0. The average molecular weight is 280 g/mol. The van der Waals surface area contributed by atoms with E-state index in [1.165, 1.54) is 0 Å². The Hall–Kier alpha value is -2.30. The summed E-state index contributed by atoms with van der Waals surface area (Å²) in [7, 11) is 0. The average Bonchev–Trinajstić information content (AvgIpc) is 2.79. The van der Waals surface area contributed by atoms with E-state index < -0.39 is 12.2 Å². The first-order valence-electron chi connectivity index (χ1n) is 6.80. The van der Waals surface area contributed by atoms with Crippen LogP contribution in [0.25, 0.3) is 0 Å². The fraction of sp³-hybridized carbons (Fsp3) is 0.176. The van der Waals surface area contributed by atoms with Gasteiger partial charge in [-0.1, -0.05) is 30.3 Å². The van der Waals surface area contributed by atoms with Crippen LogP contribution in [0.4, 0.5) is 0 Å². The number of hydrogen-bond acceptors (Lipinski definition) is 4. The minimum atomic E-state index is -0.995. The lowest BCUT2D eigenvalue weighted by molar-refractivity contribution is 0.0326. The Kier molecular flexibility index (Phi) is 2.43. The molecule has 0 aliphatic heterocycles. The number of carbonyl (C=O) groups is 2. The lowest BCUT2D eigenvalue weighted by atomic mass is 9.81. The van der Waals surface area contributed by atoms with E-state index in [2.05, 4.69) is 0 Å². The Labute approximate surface area is 120 Å². The van der Waals surface area contributed by atoms with Crippen LogP contribution in [0.3, 0.4) is 0 Å². The molecule has 21 heavy (non-hydrogen) atoms. The van der Waals surface area contributed by atoms with Crippen molar-refractivity contribution in [3.63, 3.8) is 0 Å². The molecule has 2 atom stereocenters. The zero-order valence-corrected chi connectivity index (χ0v) is 11.0. The molecule has 0 spiro atoms. The van der Waals surface area contributed by atoms with Crippen molar-refractivity contribution >= 4 is 11.6 Å². The van der Waals surface area contributed by atoms with E-state index in [9.17, 15) is 19.8 Å². The molecule has 0 fully saturated rings. The summed E-state index contributed by atoms with van der Waals surface area (Å²) in [6.07, 6.45) is -1.72. The largest absolute Gasteiger partial charge is 0.390 e. The summed E-state index contributed by atoms with van der Waals surface area (Å²) >= 11 is 0. The number of carbonyl (C=O) groups excluding carboxylic acids is 2. The number of aliphatic hydroxyl groups is 2. The van der Waals surface area contributed by atoms with E-state index in [4.69, 9.17) is 0 Å². The second kappa shape index (κ2) is 4.10. The fourth-order valence-corrected chi connectivity index (χ4v) is 3.30. The lowest BCUT2D eigenvalue weighted by Crippen LogP contribution is -2.22. The van der Waals surface area contributed by atoms with Crippen molar-refractivity contribution in [2.75, 3.05) is 0 Å². The summed E-state index contributed by atoms with van der Waals surface area (Å²) in [5, 5.41) is 19.8. The quantitative estimate of drug-likeness (QED) is 0.653. The fourth-order valence-electron chi connectivity index (χ4n) is 3.30. The van der Waals surface area contributed by atoms with Gasteiger partial charge in [0.05, 0.1) is 6.10 Å². The maximum Gasteiger partial charge on any atom is 0.194 e. The van der Waals surface area contributed by atoms with Gasteiger partial charge in [-0.25, -0.2) is 0 Å². The van der Waals surface area contributed by atoms with Crippen LogP contribution in [-0.2, 0) is 6.42 Å². The number of benzene rings is 2. The van der Waals surface area contributed by atoms with Crippen LogP contribution in [0, 0.1) is 0 Å². The van der Waals surface area contributed by atoms with Gasteiger partial charge in [0, 0.05) is 28.7 Å². The summed E-state index contributed by atoms with van der Waals surface area (Å²) in [6, 6.07) is 9.95. The van der Waals surface area contributed by atoms with Crippen LogP contribution in [0.5, 0.6) is 0 Å². The molecule has 0 unspecified atom stereocenters. The third-order valence-electron chi connectivity index (χ3n) is 4.33. The van der Waals surface area contributed by atoms with Crippen molar-refractivity contribution in [3.05, 3.63) is 69.8 Å². The first-order chi connectivity index (χ1) is 10.1. The highest BCUT2D eigenvalue weighted by molar-refractivity contribution is 6.29. The molecule has 2 aliphatic carbocycles. The van der Waals surface area contributed by atoms with Crippen LogP contribution >= 0.6 is 0 Å². The molecule has 2 N–H and O–H groups in total. The van der Waals surface area contributed by atoms with Gasteiger partial charge in [-0.2, -0.15) is 0 Å².